The van der Waals surface area contributed by atoms with Crippen LogP contribution in [-0.4, -0.2) is 48.6 Å². The van der Waals surface area contributed by atoms with Crippen LogP contribution in [0.1, 0.15) is 22.8 Å². The number of benzene rings is 2. The van der Waals surface area contributed by atoms with Crippen LogP contribution in [0, 0.1) is 17.1 Å². The van der Waals surface area contributed by atoms with Crippen molar-refractivity contribution in [3.05, 3.63) is 65.5 Å². The van der Waals surface area contributed by atoms with Crippen molar-refractivity contribution in [2.45, 2.75) is 6.92 Å². The fourth-order valence-corrected chi connectivity index (χ4v) is 3.62. The van der Waals surface area contributed by atoms with Crippen molar-refractivity contribution in [3.63, 3.8) is 0 Å². The minimum Gasteiger partial charge on any atom is -0.494 e. The van der Waals surface area contributed by atoms with Gasteiger partial charge in [0.25, 0.3) is 5.91 Å². The first-order chi connectivity index (χ1) is 14.6. The van der Waals surface area contributed by atoms with E-state index in [-0.39, 0.29) is 11.7 Å². The largest absolute Gasteiger partial charge is 0.494 e. The van der Waals surface area contributed by atoms with Gasteiger partial charge in [0.05, 0.1) is 17.7 Å². The summed E-state index contributed by atoms with van der Waals surface area (Å²) in [5, 5.41) is 10.5. The van der Waals surface area contributed by atoms with Crippen molar-refractivity contribution in [3.8, 4) is 11.8 Å². The molecular weight excluding hydrogens is 383 g/mol. The fourth-order valence-electron chi connectivity index (χ4n) is 3.62. The lowest BCUT2D eigenvalue weighted by Gasteiger charge is -2.35. The number of halogens is 1. The van der Waals surface area contributed by atoms with E-state index in [9.17, 15) is 14.4 Å². The number of anilines is 1. The molecule has 0 N–H and O–H groups in total. The Kier molecular flexibility index (Phi) is 5.48. The Morgan fingerprint density at radius 2 is 1.87 bits per heavy atom. The number of rotatable bonds is 4. The second kappa shape index (κ2) is 8.37. The minimum atomic E-state index is -0.365. The van der Waals surface area contributed by atoms with E-state index < -0.39 is 0 Å². The van der Waals surface area contributed by atoms with Gasteiger partial charge in [-0.1, -0.05) is 0 Å². The third-order valence-electron chi connectivity index (χ3n) is 5.16. The quantitative estimate of drug-likeness (QED) is 0.665. The van der Waals surface area contributed by atoms with Gasteiger partial charge in [-0.2, -0.15) is 5.26 Å². The molecule has 2 heterocycles. The van der Waals surface area contributed by atoms with Gasteiger partial charge in [-0.3, -0.25) is 4.79 Å². The Labute approximate surface area is 174 Å². The number of carbonyl (C=O) groups is 1. The number of nitrogens with zero attached hydrogens (tertiary/aromatic N) is 4. The van der Waals surface area contributed by atoms with Gasteiger partial charge >= 0.3 is 0 Å². The minimum absolute atomic E-state index is 0.120. The highest BCUT2D eigenvalue weighted by molar-refractivity contribution is 5.94. The zero-order chi connectivity index (χ0) is 21.1. The van der Waals surface area contributed by atoms with Crippen LogP contribution in [0.15, 0.2) is 48.5 Å². The van der Waals surface area contributed by atoms with Crippen LogP contribution in [-0.2, 0) is 0 Å². The molecule has 1 aromatic heterocycles. The molecule has 30 heavy (non-hydrogen) atoms. The normalized spacial score (nSPS) is 13.9. The number of ether oxygens (including phenoxy) is 1. The molecule has 7 heteroatoms. The van der Waals surface area contributed by atoms with E-state index in [2.05, 4.69) is 6.07 Å². The van der Waals surface area contributed by atoms with Crippen LogP contribution < -0.4 is 9.64 Å². The fraction of sp³-hybridized carbons (Fsp3) is 0.261. The van der Waals surface area contributed by atoms with Crippen LogP contribution in [0.3, 0.4) is 0 Å². The number of piperazine rings is 1. The highest BCUT2D eigenvalue weighted by Gasteiger charge is 2.24. The molecular formula is C23H21FN4O2. The van der Waals surface area contributed by atoms with Gasteiger partial charge in [0, 0.05) is 37.1 Å². The molecule has 0 spiro atoms. The summed E-state index contributed by atoms with van der Waals surface area (Å²) in [6, 6.07) is 15.3. The third kappa shape index (κ3) is 3.90. The molecule has 0 radical (unpaired) electrons. The maximum atomic E-state index is 13.1. The molecule has 1 aliphatic rings. The zero-order valence-electron chi connectivity index (χ0n) is 16.6. The number of hydrogen-bond donors (Lipinski definition) is 0. The number of pyridine rings is 1. The molecule has 0 atom stereocenters. The van der Waals surface area contributed by atoms with Crippen LogP contribution in [0.2, 0.25) is 0 Å². The molecule has 152 valence electrons. The Balaban J connectivity index is 1.52. The Bertz CT molecular complexity index is 1120. The first kappa shape index (κ1) is 19.6. The number of amides is 1. The molecule has 1 saturated heterocycles. The maximum absolute atomic E-state index is 13.1. The first-order valence-corrected chi connectivity index (χ1v) is 9.86. The van der Waals surface area contributed by atoms with Gasteiger partial charge in [-0.25, -0.2) is 9.37 Å². The van der Waals surface area contributed by atoms with Crippen LogP contribution in [0.25, 0.3) is 10.9 Å². The summed E-state index contributed by atoms with van der Waals surface area (Å²) in [5.74, 6) is 0.889. The molecule has 2 aromatic carbocycles. The summed E-state index contributed by atoms with van der Waals surface area (Å²) in [7, 11) is 0. The SMILES string of the molecule is CCOc1ccc2nc(N3CCN(C(=O)c4ccc(F)cc4)CC3)c(C#N)cc2c1. The number of aromatic nitrogens is 1. The number of nitriles is 1. The van der Waals surface area contributed by atoms with E-state index in [1.165, 1.54) is 24.3 Å². The molecule has 0 bridgehead atoms. The second-order valence-corrected chi connectivity index (χ2v) is 7.05. The molecule has 0 unspecified atom stereocenters. The predicted molar refractivity (Wildman–Crippen MR) is 112 cm³/mol. The average molecular weight is 404 g/mol. The average Bonchev–Trinajstić information content (AvgIpc) is 2.78. The Morgan fingerprint density at radius 1 is 1.13 bits per heavy atom. The summed E-state index contributed by atoms with van der Waals surface area (Å²) < 4.78 is 18.6. The van der Waals surface area contributed by atoms with Gasteiger partial charge in [0.1, 0.15) is 23.5 Å². The van der Waals surface area contributed by atoms with Crippen LogP contribution in [0.5, 0.6) is 5.75 Å². The van der Waals surface area contributed by atoms with Gasteiger partial charge in [0.15, 0.2) is 0 Å². The van der Waals surface area contributed by atoms with Crippen molar-refractivity contribution < 1.29 is 13.9 Å². The van der Waals surface area contributed by atoms with E-state index in [0.717, 1.165) is 16.7 Å². The van der Waals surface area contributed by atoms with Crippen molar-refractivity contribution in [1.82, 2.24) is 9.88 Å². The number of fused-ring (bicyclic) bond motifs is 1. The van der Waals surface area contributed by atoms with Crippen molar-refractivity contribution in [2.24, 2.45) is 0 Å². The lowest BCUT2D eigenvalue weighted by atomic mass is 10.1. The Morgan fingerprint density at radius 3 is 2.53 bits per heavy atom. The molecule has 3 aromatic rings. The Hall–Kier alpha value is -3.66. The molecule has 1 fully saturated rings. The van der Waals surface area contributed by atoms with Crippen LogP contribution >= 0.6 is 0 Å². The monoisotopic (exact) mass is 404 g/mol. The van der Waals surface area contributed by atoms with Crippen LogP contribution in [0.4, 0.5) is 10.2 Å². The molecule has 0 saturated carbocycles. The van der Waals surface area contributed by atoms with E-state index in [0.29, 0.717) is 49.7 Å². The third-order valence-corrected chi connectivity index (χ3v) is 5.16. The topological polar surface area (TPSA) is 69.5 Å². The summed E-state index contributed by atoms with van der Waals surface area (Å²) in [4.78, 5) is 21.1. The summed E-state index contributed by atoms with van der Waals surface area (Å²) in [6.07, 6.45) is 0. The number of hydrogen-bond acceptors (Lipinski definition) is 5. The van der Waals surface area contributed by atoms with Crippen molar-refractivity contribution in [1.29, 1.82) is 5.26 Å². The zero-order valence-corrected chi connectivity index (χ0v) is 16.6. The van der Waals surface area contributed by atoms with E-state index in [1.807, 2.05) is 36.1 Å². The highest BCUT2D eigenvalue weighted by atomic mass is 19.1. The second-order valence-electron chi connectivity index (χ2n) is 7.05. The maximum Gasteiger partial charge on any atom is 0.253 e. The molecule has 1 aliphatic heterocycles. The lowest BCUT2D eigenvalue weighted by Crippen LogP contribution is -2.49. The first-order valence-electron chi connectivity index (χ1n) is 9.86. The van der Waals surface area contributed by atoms with E-state index >= 15 is 0 Å². The highest BCUT2D eigenvalue weighted by Crippen LogP contribution is 2.27. The van der Waals surface area contributed by atoms with Crippen molar-refractivity contribution >= 4 is 22.6 Å². The van der Waals surface area contributed by atoms with E-state index in [1.54, 1.807) is 4.90 Å². The standard InChI is InChI=1S/C23H21FN4O2/c1-2-30-20-7-8-21-17(14-20)13-18(15-25)22(26-21)27-9-11-28(12-10-27)23(29)16-3-5-19(24)6-4-16/h3-8,13-14H,2,9-12H2,1H3. The summed E-state index contributed by atoms with van der Waals surface area (Å²) in [5.41, 5.74) is 1.75. The van der Waals surface area contributed by atoms with Gasteiger partial charge in [-0.05, 0) is 55.5 Å². The van der Waals surface area contributed by atoms with Gasteiger partial charge in [0.2, 0.25) is 0 Å². The molecule has 1 amide bonds. The molecule has 6 nitrogen and oxygen atoms in total. The van der Waals surface area contributed by atoms with Crippen molar-refractivity contribution in [2.75, 3.05) is 37.7 Å². The molecule has 4 rings (SSSR count). The van der Waals surface area contributed by atoms with Gasteiger partial charge < -0.3 is 14.5 Å². The lowest BCUT2D eigenvalue weighted by molar-refractivity contribution is 0.0746. The smallest absolute Gasteiger partial charge is 0.253 e. The van der Waals surface area contributed by atoms with Gasteiger partial charge in [-0.15, -0.1) is 0 Å². The van der Waals surface area contributed by atoms with E-state index in [4.69, 9.17) is 9.72 Å². The number of carbonyl (C=O) groups excluding carboxylic acids is 1. The summed E-state index contributed by atoms with van der Waals surface area (Å²) in [6.45, 7) is 4.64. The summed E-state index contributed by atoms with van der Waals surface area (Å²) >= 11 is 0. The predicted octanol–water partition coefficient (Wildman–Crippen LogP) is 3.61. The molecule has 0 aliphatic carbocycles.